The molecule has 224 valence electrons. The van der Waals surface area contributed by atoms with Crippen molar-refractivity contribution in [3.8, 4) is 34.3 Å². The molecular formula is C31H24K2N10O2S2. The molecule has 6 aromatic rings. The first kappa shape index (κ1) is 37.5. The van der Waals surface area contributed by atoms with Gasteiger partial charge in [-0.25, -0.2) is 9.35 Å². The summed E-state index contributed by atoms with van der Waals surface area (Å²) in [5, 5.41) is 25.8. The first-order chi connectivity index (χ1) is 22.2. The van der Waals surface area contributed by atoms with Crippen molar-refractivity contribution in [1.29, 1.82) is 0 Å². The summed E-state index contributed by atoms with van der Waals surface area (Å²) in [7, 11) is 0. The van der Waals surface area contributed by atoms with E-state index in [1.807, 2.05) is 72.8 Å². The minimum atomic E-state index is 0. The molecular weight excluding hydrogens is 687 g/mol. The molecule has 0 fully saturated rings. The molecule has 0 aliphatic heterocycles. The third kappa shape index (κ3) is 9.87. The number of benzene rings is 2. The number of aromatic nitrogens is 8. The van der Waals surface area contributed by atoms with Crippen molar-refractivity contribution in [2.75, 3.05) is 13.2 Å². The van der Waals surface area contributed by atoms with Gasteiger partial charge >= 0.3 is 103 Å². The molecule has 0 radical (unpaired) electrons. The van der Waals surface area contributed by atoms with Gasteiger partial charge in [0, 0.05) is 63.8 Å². The Labute approximate surface area is 367 Å². The Hall–Kier alpha value is -2.33. The number of pyridine rings is 2. The molecule has 0 atom stereocenters. The van der Waals surface area contributed by atoms with Gasteiger partial charge in [-0.3, -0.25) is 9.97 Å². The summed E-state index contributed by atoms with van der Waals surface area (Å²) >= 11 is 10.7. The molecule has 12 nitrogen and oxygen atoms in total. The molecule has 4 heterocycles. The van der Waals surface area contributed by atoms with E-state index in [0.29, 0.717) is 42.8 Å². The minimum Gasteiger partial charge on any atom is -0.738 e. The second-order valence-corrected chi connectivity index (χ2v) is 10.1. The van der Waals surface area contributed by atoms with Gasteiger partial charge in [0.05, 0.1) is 25.6 Å². The molecule has 2 aromatic carbocycles. The third-order valence-electron chi connectivity index (χ3n) is 6.33. The molecule has 0 unspecified atom stereocenters. The summed E-state index contributed by atoms with van der Waals surface area (Å²) < 4.78 is 15.1. The Morgan fingerprint density at radius 3 is 1.47 bits per heavy atom. The van der Waals surface area contributed by atoms with Crippen molar-refractivity contribution in [2.45, 2.75) is 16.7 Å². The van der Waals surface area contributed by atoms with E-state index in [0.717, 1.165) is 22.3 Å². The summed E-state index contributed by atoms with van der Waals surface area (Å²) in [6.07, 6.45) is 10.7. The average Bonchev–Trinajstić information content (AvgIpc) is 3.65. The molecule has 16 heteroatoms. The van der Waals surface area contributed by atoms with Crippen LogP contribution in [0.15, 0.2) is 118 Å². The molecule has 0 spiro atoms. The summed E-state index contributed by atoms with van der Waals surface area (Å²) in [5.74, 6) is 2.36. The summed E-state index contributed by atoms with van der Waals surface area (Å²) in [4.78, 5) is 8.28. The van der Waals surface area contributed by atoms with E-state index < -0.39 is 0 Å². The molecule has 0 bridgehead atoms. The number of hydrogen-bond acceptors (Lipinski definition) is 12. The first-order valence-corrected chi connectivity index (χ1v) is 14.6. The van der Waals surface area contributed by atoms with Gasteiger partial charge in [0.2, 0.25) is 0 Å². The van der Waals surface area contributed by atoms with Crippen molar-refractivity contribution in [2.24, 2.45) is 10.2 Å². The van der Waals surface area contributed by atoms with E-state index in [1.165, 1.54) is 9.35 Å². The zero-order valence-electron chi connectivity index (χ0n) is 25.6. The van der Waals surface area contributed by atoms with Gasteiger partial charge in [0.1, 0.15) is 11.5 Å². The van der Waals surface area contributed by atoms with Crippen LogP contribution in [-0.4, -0.2) is 65.4 Å². The van der Waals surface area contributed by atoms with E-state index >= 15 is 0 Å². The SMILES string of the molecule is [K+].[K+].[S-]c1nnc(-c2cccnc2)n1/N=C\c1ccccc1OCCCOc1ccccc1/C=N\n1c([S-])nnc1-c1cccnc1. The van der Waals surface area contributed by atoms with Gasteiger partial charge in [-0.05, 0) is 48.5 Å². The fourth-order valence-corrected chi connectivity index (χ4v) is 4.54. The van der Waals surface area contributed by atoms with Crippen LogP contribution in [-0.2, 0) is 25.3 Å². The van der Waals surface area contributed by atoms with E-state index in [2.05, 4.69) is 40.6 Å². The molecule has 0 aliphatic rings. The van der Waals surface area contributed by atoms with Gasteiger partial charge in [-0.1, -0.05) is 24.3 Å². The van der Waals surface area contributed by atoms with E-state index in [-0.39, 0.29) is 113 Å². The van der Waals surface area contributed by atoms with Crippen molar-refractivity contribution < 1.29 is 112 Å². The van der Waals surface area contributed by atoms with E-state index in [4.69, 9.17) is 34.7 Å². The van der Waals surface area contributed by atoms with Crippen LogP contribution in [0.5, 0.6) is 11.5 Å². The van der Waals surface area contributed by atoms with Crippen LogP contribution in [0, 0.1) is 0 Å². The maximum atomic E-state index is 6.08. The monoisotopic (exact) mass is 710 g/mol. The maximum absolute atomic E-state index is 6.08. The van der Waals surface area contributed by atoms with E-state index in [1.54, 1.807) is 37.2 Å². The average molecular weight is 711 g/mol. The maximum Gasteiger partial charge on any atom is 1.00 e. The summed E-state index contributed by atoms with van der Waals surface area (Å²) in [5.41, 5.74) is 3.07. The number of para-hydroxylation sites is 2. The van der Waals surface area contributed by atoms with Gasteiger partial charge < -0.3 is 34.7 Å². The van der Waals surface area contributed by atoms with Gasteiger partial charge in [0.25, 0.3) is 0 Å². The Morgan fingerprint density at radius 2 is 1.04 bits per heavy atom. The van der Waals surface area contributed by atoms with Gasteiger partial charge in [-0.15, -0.1) is 10.2 Å². The quantitative estimate of drug-likeness (QED) is 0.0636. The predicted molar refractivity (Wildman–Crippen MR) is 172 cm³/mol. The number of hydrogen-bond donors (Lipinski definition) is 0. The molecule has 0 N–H and O–H groups in total. The number of rotatable bonds is 12. The number of ether oxygens (including phenoxy) is 2. The van der Waals surface area contributed by atoms with Crippen molar-refractivity contribution in [3.05, 3.63) is 109 Å². The fourth-order valence-electron chi connectivity index (χ4n) is 4.19. The van der Waals surface area contributed by atoms with E-state index in [9.17, 15) is 0 Å². The zero-order chi connectivity index (χ0) is 30.8. The summed E-state index contributed by atoms with van der Waals surface area (Å²) in [6, 6.07) is 22.6. The van der Waals surface area contributed by atoms with Crippen LogP contribution in [0.1, 0.15) is 17.5 Å². The molecule has 0 aliphatic carbocycles. The zero-order valence-corrected chi connectivity index (χ0v) is 33.5. The second-order valence-electron chi connectivity index (χ2n) is 9.33. The van der Waals surface area contributed by atoms with Crippen LogP contribution < -0.4 is 112 Å². The fraction of sp³-hybridized carbons (Fsp3) is 0.0968. The van der Waals surface area contributed by atoms with Gasteiger partial charge in [0.15, 0.2) is 11.6 Å². The predicted octanol–water partition coefficient (Wildman–Crippen LogP) is -1.57. The van der Waals surface area contributed by atoms with Crippen LogP contribution in [0.25, 0.3) is 22.8 Å². The van der Waals surface area contributed by atoms with Crippen molar-refractivity contribution >= 4 is 37.7 Å². The largest absolute Gasteiger partial charge is 1.00 e. The molecule has 6 rings (SSSR count). The van der Waals surface area contributed by atoms with Gasteiger partial charge in [-0.2, -0.15) is 20.4 Å². The topological polar surface area (TPSA) is 130 Å². The van der Waals surface area contributed by atoms with Crippen LogP contribution >= 0.6 is 0 Å². The molecule has 0 saturated heterocycles. The van der Waals surface area contributed by atoms with Crippen LogP contribution in [0.4, 0.5) is 0 Å². The normalized spacial score (nSPS) is 10.9. The van der Waals surface area contributed by atoms with Crippen LogP contribution in [0.3, 0.4) is 0 Å². The minimum absolute atomic E-state index is 0. The Morgan fingerprint density at radius 1 is 0.596 bits per heavy atom. The Kier molecular flexibility index (Phi) is 15.2. The molecule has 47 heavy (non-hydrogen) atoms. The standard InChI is InChI=1S/C31H26N10O2S2.2K/c44-30-38-36-28(24-10-5-14-32-18-24)40(30)34-20-22-8-1-3-12-26(22)42-16-7-17-43-27-13-4-2-9-23(27)21-35-41-29(37-39-31(41)45)25-11-6-15-33-19-25;;/h1-6,8-15,18-21H,7,16-17H2,(H,38,44)(H,39,45);;/q;2*+1/p-2/b34-20-,35-21-;;. The van der Waals surface area contributed by atoms with Crippen molar-refractivity contribution in [1.82, 2.24) is 39.7 Å². The van der Waals surface area contributed by atoms with Crippen molar-refractivity contribution in [3.63, 3.8) is 0 Å². The first-order valence-electron chi connectivity index (χ1n) is 13.8. The second kappa shape index (κ2) is 19.0. The molecule has 0 amide bonds. The van der Waals surface area contributed by atoms with Crippen LogP contribution in [0.2, 0.25) is 0 Å². The Bertz CT molecular complexity index is 1800. The summed E-state index contributed by atoms with van der Waals surface area (Å²) in [6.45, 7) is 0.852. The Balaban J connectivity index is 0.00000250. The smallest absolute Gasteiger partial charge is 0.738 e. The molecule has 0 saturated carbocycles. The third-order valence-corrected chi connectivity index (χ3v) is 6.84. The number of nitrogens with zero attached hydrogens (tertiary/aromatic N) is 10. The molecule has 4 aromatic heterocycles.